The Bertz CT molecular complexity index is 735. The summed E-state index contributed by atoms with van der Waals surface area (Å²) in [5, 5.41) is 0.919. The lowest BCUT2D eigenvalue weighted by Crippen LogP contribution is -2.38. The van der Waals surface area contributed by atoms with Crippen molar-refractivity contribution in [2.75, 3.05) is 19.8 Å². The van der Waals surface area contributed by atoms with Gasteiger partial charge in [-0.3, -0.25) is 0 Å². The highest BCUT2D eigenvalue weighted by molar-refractivity contribution is 6.35. The first kappa shape index (κ1) is 16.7. The molecule has 1 atom stereocenters. The van der Waals surface area contributed by atoms with Crippen LogP contribution < -0.4 is 14.2 Å². The van der Waals surface area contributed by atoms with Gasteiger partial charge in [0.15, 0.2) is 11.5 Å². The van der Waals surface area contributed by atoms with Crippen molar-refractivity contribution in [2.45, 2.75) is 6.10 Å². The maximum atomic E-state index is 12.0. The van der Waals surface area contributed by atoms with Crippen molar-refractivity contribution in [3.05, 3.63) is 52.5 Å². The standard InChI is InChI=1S/C17H14Cl2O5/c18-11-5-6-13(12(19)9-11)21-7-8-22-17(20)16-10-23-14-3-1-2-4-15(14)24-16/h1-6,9,16H,7-8,10H2/t16-/m1/s1. The van der Waals surface area contributed by atoms with Crippen molar-refractivity contribution < 1.29 is 23.7 Å². The Morgan fingerprint density at radius 2 is 1.92 bits per heavy atom. The first-order chi connectivity index (χ1) is 11.6. The Morgan fingerprint density at radius 3 is 2.71 bits per heavy atom. The van der Waals surface area contributed by atoms with E-state index in [1.807, 2.05) is 6.07 Å². The van der Waals surface area contributed by atoms with Crippen LogP contribution in [-0.2, 0) is 9.53 Å². The van der Waals surface area contributed by atoms with Crippen LogP contribution in [0.25, 0.3) is 0 Å². The van der Waals surface area contributed by atoms with Gasteiger partial charge in [0.25, 0.3) is 0 Å². The number of rotatable bonds is 5. The van der Waals surface area contributed by atoms with Gasteiger partial charge < -0.3 is 18.9 Å². The first-order valence-corrected chi connectivity index (χ1v) is 8.02. The van der Waals surface area contributed by atoms with E-state index in [1.54, 1.807) is 36.4 Å². The molecule has 126 valence electrons. The Labute approximate surface area is 149 Å². The van der Waals surface area contributed by atoms with Gasteiger partial charge in [0.1, 0.15) is 25.6 Å². The molecule has 1 aliphatic heterocycles. The van der Waals surface area contributed by atoms with Gasteiger partial charge in [-0.1, -0.05) is 35.3 Å². The maximum absolute atomic E-state index is 12.0. The monoisotopic (exact) mass is 368 g/mol. The maximum Gasteiger partial charge on any atom is 0.351 e. The smallest absolute Gasteiger partial charge is 0.351 e. The molecule has 0 radical (unpaired) electrons. The van der Waals surface area contributed by atoms with Crippen molar-refractivity contribution >= 4 is 29.2 Å². The van der Waals surface area contributed by atoms with Crippen LogP contribution in [0.2, 0.25) is 10.0 Å². The third-order valence-electron chi connectivity index (χ3n) is 3.25. The zero-order valence-electron chi connectivity index (χ0n) is 12.5. The number of fused-ring (bicyclic) bond motifs is 1. The number of hydrogen-bond donors (Lipinski definition) is 0. The summed E-state index contributed by atoms with van der Waals surface area (Å²) >= 11 is 11.8. The molecular weight excluding hydrogens is 355 g/mol. The minimum atomic E-state index is -0.793. The lowest BCUT2D eigenvalue weighted by Gasteiger charge is -2.24. The Hall–Kier alpha value is -2.11. The van der Waals surface area contributed by atoms with Crippen molar-refractivity contribution in [3.8, 4) is 17.2 Å². The van der Waals surface area contributed by atoms with Gasteiger partial charge in [-0.15, -0.1) is 0 Å². The van der Waals surface area contributed by atoms with Gasteiger partial charge in [-0.2, -0.15) is 0 Å². The summed E-state index contributed by atoms with van der Waals surface area (Å²) in [4.78, 5) is 12.0. The number of esters is 1. The van der Waals surface area contributed by atoms with E-state index in [1.165, 1.54) is 0 Å². The average molecular weight is 369 g/mol. The van der Waals surface area contributed by atoms with Crippen LogP contribution in [0.1, 0.15) is 0 Å². The molecule has 1 heterocycles. The fraction of sp³-hybridized carbons (Fsp3) is 0.235. The van der Waals surface area contributed by atoms with Gasteiger partial charge in [0, 0.05) is 5.02 Å². The van der Waals surface area contributed by atoms with E-state index in [0.717, 1.165) is 0 Å². The second kappa shape index (κ2) is 7.64. The van der Waals surface area contributed by atoms with Crippen molar-refractivity contribution in [1.29, 1.82) is 0 Å². The molecule has 3 rings (SSSR count). The number of halogens is 2. The molecule has 0 bridgehead atoms. The zero-order valence-corrected chi connectivity index (χ0v) is 14.0. The van der Waals surface area contributed by atoms with Gasteiger partial charge in [0.2, 0.25) is 6.10 Å². The van der Waals surface area contributed by atoms with Crippen molar-refractivity contribution in [3.63, 3.8) is 0 Å². The molecule has 0 spiro atoms. The molecule has 0 saturated carbocycles. The van der Waals surface area contributed by atoms with Crippen LogP contribution in [0.15, 0.2) is 42.5 Å². The summed E-state index contributed by atoms with van der Waals surface area (Å²) < 4.78 is 21.6. The highest BCUT2D eigenvalue weighted by Crippen LogP contribution is 2.31. The van der Waals surface area contributed by atoms with Gasteiger partial charge in [0.05, 0.1) is 5.02 Å². The van der Waals surface area contributed by atoms with E-state index in [-0.39, 0.29) is 19.8 Å². The van der Waals surface area contributed by atoms with E-state index < -0.39 is 12.1 Å². The third kappa shape index (κ3) is 4.04. The minimum absolute atomic E-state index is 0.0687. The van der Waals surface area contributed by atoms with Crippen molar-refractivity contribution in [1.82, 2.24) is 0 Å². The van der Waals surface area contributed by atoms with Crippen LogP contribution in [0, 0.1) is 0 Å². The molecule has 0 aromatic heterocycles. The number of carbonyl (C=O) groups is 1. The van der Waals surface area contributed by atoms with Gasteiger partial charge in [-0.05, 0) is 30.3 Å². The van der Waals surface area contributed by atoms with Crippen LogP contribution in [0.3, 0.4) is 0 Å². The van der Waals surface area contributed by atoms with Gasteiger partial charge >= 0.3 is 5.97 Å². The minimum Gasteiger partial charge on any atom is -0.488 e. The molecule has 7 heteroatoms. The summed E-state index contributed by atoms with van der Waals surface area (Å²) in [6.07, 6.45) is -0.793. The van der Waals surface area contributed by atoms with Crippen LogP contribution >= 0.6 is 23.2 Å². The van der Waals surface area contributed by atoms with Crippen LogP contribution in [0.4, 0.5) is 0 Å². The van der Waals surface area contributed by atoms with Crippen LogP contribution in [0.5, 0.6) is 17.2 Å². The normalized spacial score (nSPS) is 15.7. The van der Waals surface area contributed by atoms with Gasteiger partial charge in [-0.25, -0.2) is 4.79 Å². The number of para-hydroxylation sites is 2. The summed E-state index contributed by atoms with van der Waals surface area (Å²) in [5.41, 5.74) is 0. The molecule has 0 amide bonds. The lowest BCUT2D eigenvalue weighted by molar-refractivity contribution is -0.155. The Balaban J connectivity index is 1.45. The summed E-state index contributed by atoms with van der Waals surface area (Å²) in [6, 6.07) is 12.1. The molecule has 0 aliphatic carbocycles. The van der Waals surface area contributed by atoms with E-state index in [9.17, 15) is 4.79 Å². The molecule has 0 N–H and O–H groups in total. The Kier molecular flexibility index (Phi) is 5.33. The lowest BCUT2D eigenvalue weighted by atomic mass is 10.2. The van der Waals surface area contributed by atoms with E-state index in [4.69, 9.17) is 42.1 Å². The molecule has 0 unspecified atom stereocenters. The predicted octanol–water partition coefficient (Wildman–Crippen LogP) is 3.76. The third-order valence-corrected chi connectivity index (χ3v) is 3.78. The predicted molar refractivity (Wildman–Crippen MR) is 89.3 cm³/mol. The molecule has 24 heavy (non-hydrogen) atoms. The quantitative estimate of drug-likeness (QED) is 0.594. The van der Waals surface area contributed by atoms with Crippen molar-refractivity contribution in [2.24, 2.45) is 0 Å². The first-order valence-electron chi connectivity index (χ1n) is 7.26. The summed E-state index contributed by atoms with van der Waals surface area (Å²) in [6.45, 7) is 0.344. The summed E-state index contributed by atoms with van der Waals surface area (Å²) in [7, 11) is 0. The van der Waals surface area contributed by atoms with Crippen LogP contribution in [-0.4, -0.2) is 31.9 Å². The molecule has 2 aromatic carbocycles. The molecule has 0 saturated heterocycles. The number of hydrogen-bond acceptors (Lipinski definition) is 5. The largest absolute Gasteiger partial charge is 0.488 e. The highest BCUT2D eigenvalue weighted by atomic mass is 35.5. The Morgan fingerprint density at radius 1 is 1.12 bits per heavy atom. The molecule has 1 aliphatic rings. The topological polar surface area (TPSA) is 54.0 Å². The second-order valence-electron chi connectivity index (χ2n) is 4.95. The number of benzene rings is 2. The average Bonchev–Trinajstić information content (AvgIpc) is 2.59. The molecule has 2 aromatic rings. The second-order valence-corrected chi connectivity index (χ2v) is 5.80. The molecule has 5 nitrogen and oxygen atoms in total. The number of ether oxygens (including phenoxy) is 4. The SMILES string of the molecule is O=C(OCCOc1ccc(Cl)cc1Cl)[C@H]1COc2ccccc2O1. The highest BCUT2D eigenvalue weighted by Gasteiger charge is 2.28. The van der Waals surface area contributed by atoms with E-state index in [2.05, 4.69) is 0 Å². The zero-order chi connectivity index (χ0) is 16.9. The van der Waals surface area contributed by atoms with E-state index >= 15 is 0 Å². The number of carbonyl (C=O) groups excluding carboxylic acids is 1. The van der Waals surface area contributed by atoms with E-state index in [0.29, 0.717) is 27.3 Å². The molecule has 0 fully saturated rings. The fourth-order valence-electron chi connectivity index (χ4n) is 2.11. The molecular formula is C17H14Cl2O5. The fourth-order valence-corrected chi connectivity index (χ4v) is 2.58. The summed E-state index contributed by atoms with van der Waals surface area (Å²) in [5.74, 6) is 1.11.